The summed E-state index contributed by atoms with van der Waals surface area (Å²) in [6.07, 6.45) is 1.64. The van der Waals surface area contributed by atoms with E-state index in [0.717, 1.165) is 18.4 Å². The van der Waals surface area contributed by atoms with Gasteiger partial charge in [-0.3, -0.25) is 0 Å². The van der Waals surface area contributed by atoms with Crippen LogP contribution in [0.3, 0.4) is 0 Å². The molecule has 13 heavy (non-hydrogen) atoms. The van der Waals surface area contributed by atoms with Crippen molar-refractivity contribution in [2.75, 3.05) is 0 Å². The number of hydrogen-bond acceptors (Lipinski definition) is 2. The molecule has 1 aliphatic heterocycles. The number of rotatable bonds is 0. The van der Waals surface area contributed by atoms with Crippen molar-refractivity contribution in [1.29, 1.82) is 0 Å². The maximum atomic E-state index is 10.5. The smallest absolute Gasteiger partial charge is 0.123 e. The van der Waals surface area contributed by atoms with Gasteiger partial charge < -0.3 is 5.32 Å². The van der Waals surface area contributed by atoms with Crippen LogP contribution >= 0.6 is 0 Å². The molecule has 0 aromatic rings. The highest BCUT2D eigenvalue weighted by Gasteiger charge is 2.34. The van der Waals surface area contributed by atoms with Crippen LogP contribution in [0.4, 0.5) is 0 Å². The molecule has 1 N–H and O–H groups in total. The normalized spacial score (nSPS) is 24.5. The summed E-state index contributed by atoms with van der Waals surface area (Å²) in [5, 5.41) is 3.50. The van der Waals surface area contributed by atoms with E-state index in [2.05, 4.69) is 33.0 Å². The molecular formula is C10H17NO2. The highest BCUT2D eigenvalue weighted by molar-refractivity contribution is 5.54. The molecular weight excluding hydrogens is 166 g/mol. The first-order valence-electron chi connectivity index (χ1n) is 4.37. The highest BCUT2D eigenvalue weighted by atomic mass is 16.1. The predicted molar refractivity (Wildman–Crippen MR) is 50.4 cm³/mol. The predicted octanol–water partition coefficient (Wildman–Crippen LogP) is 1.57. The summed E-state index contributed by atoms with van der Waals surface area (Å²) >= 11 is 0. The molecule has 0 unspecified atom stereocenters. The monoisotopic (exact) mass is 183 g/mol. The van der Waals surface area contributed by atoms with Gasteiger partial charge in [0.15, 0.2) is 0 Å². The molecule has 0 aromatic carbocycles. The second-order valence-corrected chi connectivity index (χ2v) is 4.95. The molecule has 74 valence electrons. The summed E-state index contributed by atoms with van der Waals surface area (Å²) < 4.78 is 0. The topological polar surface area (TPSA) is 57.6 Å². The Morgan fingerprint density at radius 3 is 1.85 bits per heavy atom. The second-order valence-electron chi connectivity index (χ2n) is 4.95. The van der Waals surface area contributed by atoms with Crippen LogP contribution in [-0.4, -0.2) is 17.0 Å². The van der Waals surface area contributed by atoms with Crippen molar-refractivity contribution in [3.63, 3.8) is 0 Å². The third kappa shape index (κ3) is 3.31. The summed E-state index contributed by atoms with van der Waals surface area (Å²) in [5.74, 6) is 2.04. The van der Waals surface area contributed by atoms with Crippen molar-refractivity contribution in [3.8, 4) is 0 Å². The second kappa shape index (κ2) is 3.62. The molecule has 3 nitrogen and oxygen atoms in total. The molecule has 1 saturated heterocycles. The quantitative estimate of drug-likeness (QED) is 0.579. The zero-order valence-corrected chi connectivity index (χ0v) is 8.73. The Labute approximate surface area is 79.5 Å². The van der Waals surface area contributed by atoms with E-state index in [4.69, 9.17) is 0 Å². The molecule has 1 fully saturated rings. The minimum Gasteiger partial charge on any atom is -0.306 e. The van der Waals surface area contributed by atoms with Crippen molar-refractivity contribution >= 4 is 5.94 Å². The van der Waals surface area contributed by atoms with Gasteiger partial charge in [-0.2, -0.15) is 0 Å². The van der Waals surface area contributed by atoms with E-state index in [0.29, 0.717) is 0 Å². The van der Waals surface area contributed by atoms with E-state index >= 15 is 0 Å². The van der Waals surface area contributed by atoms with Gasteiger partial charge in [0.05, 0.1) is 0 Å². The Morgan fingerprint density at radius 2 is 1.54 bits per heavy atom. The van der Waals surface area contributed by atoms with E-state index in [1.54, 1.807) is 0 Å². The largest absolute Gasteiger partial charge is 0.306 e. The Bertz CT molecular complexity index is 219. The van der Waals surface area contributed by atoms with Crippen molar-refractivity contribution < 1.29 is 10.3 Å². The summed E-state index contributed by atoms with van der Waals surface area (Å²) in [6, 6.07) is 0. The Morgan fingerprint density at radius 1 is 1.15 bits per heavy atom. The van der Waals surface area contributed by atoms with E-state index < -0.39 is 0 Å². The minimum atomic E-state index is 0. The average molecular weight is 183 g/mol. The fourth-order valence-electron chi connectivity index (χ4n) is 2.21. The molecule has 2 radical (unpaired) electrons. The molecule has 0 saturated carbocycles. The SMILES string of the molecule is CC1(C)CC(=C=O)CC(C)(C)N1.[O]. The van der Waals surface area contributed by atoms with Gasteiger partial charge in [0.2, 0.25) is 0 Å². The third-order valence-electron chi connectivity index (χ3n) is 2.13. The van der Waals surface area contributed by atoms with E-state index in [-0.39, 0.29) is 16.6 Å². The van der Waals surface area contributed by atoms with Crippen molar-refractivity contribution in [2.24, 2.45) is 0 Å². The zero-order valence-electron chi connectivity index (χ0n) is 8.73. The number of carbonyl (C=O) groups excluding carboxylic acids is 1. The lowest BCUT2D eigenvalue weighted by molar-refractivity contribution is 0.224. The molecule has 3 heteroatoms. The molecule has 0 spiro atoms. The van der Waals surface area contributed by atoms with Gasteiger partial charge in [0.1, 0.15) is 5.94 Å². The van der Waals surface area contributed by atoms with Gasteiger partial charge in [-0.15, -0.1) is 0 Å². The van der Waals surface area contributed by atoms with Crippen molar-refractivity contribution in [2.45, 2.75) is 51.6 Å². The first-order valence-corrected chi connectivity index (χ1v) is 4.37. The lowest BCUT2D eigenvalue weighted by Gasteiger charge is -2.42. The van der Waals surface area contributed by atoms with Gasteiger partial charge in [0, 0.05) is 22.1 Å². The van der Waals surface area contributed by atoms with Gasteiger partial charge in [-0.1, -0.05) is 0 Å². The molecule has 1 heterocycles. The van der Waals surface area contributed by atoms with E-state index in [1.807, 2.05) is 5.94 Å². The zero-order chi connectivity index (χ0) is 9.41. The Kier molecular flexibility index (Phi) is 3.45. The van der Waals surface area contributed by atoms with Crippen LogP contribution < -0.4 is 5.32 Å². The highest BCUT2D eigenvalue weighted by Crippen LogP contribution is 2.30. The van der Waals surface area contributed by atoms with Crippen LogP contribution in [0.25, 0.3) is 0 Å². The first-order chi connectivity index (χ1) is 5.35. The molecule has 0 aliphatic carbocycles. The maximum absolute atomic E-state index is 10.5. The number of nitrogens with one attached hydrogen (secondary N) is 1. The van der Waals surface area contributed by atoms with E-state index in [1.165, 1.54) is 0 Å². The van der Waals surface area contributed by atoms with Crippen molar-refractivity contribution in [3.05, 3.63) is 5.57 Å². The van der Waals surface area contributed by atoms with Crippen LogP contribution in [-0.2, 0) is 10.3 Å². The van der Waals surface area contributed by atoms with Crippen LogP contribution in [0.1, 0.15) is 40.5 Å². The van der Waals surface area contributed by atoms with Crippen LogP contribution in [0.5, 0.6) is 0 Å². The Hall–Kier alpha value is -0.630. The van der Waals surface area contributed by atoms with Gasteiger partial charge in [0.25, 0.3) is 0 Å². The van der Waals surface area contributed by atoms with Gasteiger partial charge in [-0.25, -0.2) is 4.79 Å². The molecule has 0 bridgehead atoms. The standard InChI is InChI=1S/C10H17NO.O/c1-9(2)5-8(7-12)6-10(3,4)11-9;/h11H,5-6H2,1-4H3;. The number of piperidine rings is 1. The fourth-order valence-corrected chi connectivity index (χ4v) is 2.21. The third-order valence-corrected chi connectivity index (χ3v) is 2.13. The van der Waals surface area contributed by atoms with E-state index in [9.17, 15) is 4.79 Å². The minimum absolute atomic E-state index is 0. The average Bonchev–Trinajstić information content (AvgIpc) is 1.80. The fraction of sp³-hybridized carbons (Fsp3) is 0.800. The summed E-state index contributed by atoms with van der Waals surface area (Å²) in [5.41, 5.74) is 0.979. The van der Waals surface area contributed by atoms with Crippen LogP contribution in [0.2, 0.25) is 0 Å². The van der Waals surface area contributed by atoms with Crippen LogP contribution in [0.15, 0.2) is 5.57 Å². The molecule has 1 rings (SSSR count). The van der Waals surface area contributed by atoms with Gasteiger partial charge in [-0.05, 0) is 40.5 Å². The molecule has 0 aromatic heterocycles. The summed E-state index contributed by atoms with van der Waals surface area (Å²) in [6.45, 7) is 8.47. The molecule has 0 atom stereocenters. The number of hydrogen-bond donors (Lipinski definition) is 1. The molecule has 1 aliphatic rings. The lowest BCUT2D eigenvalue weighted by atomic mass is 9.80. The van der Waals surface area contributed by atoms with Gasteiger partial charge >= 0.3 is 0 Å². The van der Waals surface area contributed by atoms with Crippen LogP contribution in [0, 0.1) is 0 Å². The first kappa shape index (κ1) is 12.4. The van der Waals surface area contributed by atoms with Crippen molar-refractivity contribution in [1.82, 2.24) is 5.32 Å². The summed E-state index contributed by atoms with van der Waals surface area (Å²) in [4.78, 5) is 10.5. The Balaban J connectivity index is 0.00000144. The summed E-state index contributed by atoms with van der Waals surface area (Å²) in [7, 11) is 0. The maximum Gasteiger partial charge on any atom is 0.123 e. The molecule has 0 amide bonds. The lowest BCUT2D eigenvalue weighted by Crippen LogP contribution is -2.56.